The molecule has 2 aliphatic rings. The van der Waals surface area contributed by atoms with Crippen LogP contribution in [0.25, 0.3) is 0 Å². The molecule has 2 heterocycles. The summed E-state index contributed by atoms with van der Waals surface area (Å²) in [6.45, 7) is 5.16. The zero-order valence-corrected chi connectivity index (χ0v) is 14.3. The predicted molar refractivity (Wildman–Crippen MR) is 81.2 cm³/mol. The van der Waals surface area contributed by atoms with Crippen LogP contribution in [0.1, 0.15) is 25.7 Å². The number of halogens is 2. The summed E-state index contributed by atoms with van der Waals surface area (Å²) in [7, 11) is 2.47. The van der Waals surface area contributed by atoms with Gasteiger partial charge in [0.1, 0.15) is 6.04 Å². The Balaban J connectivity index is 0.00000110. The first-order valence-corrected chi connectivity index (χ1v) is 7.62. The van der Waals surface area contributed by atoms with Crippen molar-refractivity contribution in [2.45, 2.75) is 31.7 Å². The number of nitrogens with zero attached hydrogens (tertiary/aromatic N) is 2. The molecule has 2 N–H and O–H groups in total. The molecule has 2 saturated heterocycles. The summed E-state index contributed by atoms with van der Waals surface area (Å²) in [5, 5.41) is 0. The minimum Gasteiger partial charge on any atom is -1.00 e. The van der Waals surface area contributed by atoms with Gasteiger partial charge in [-0.15, -0.1) is 0 Å². The molecule has 120 valence electrons. The highest BCUT2D eigenvalue weighted by molar-refractivity contribution is 5.53. The van der Waals surface area contributed by atoms with E-state index in [1.54, 1.807) is 0 Å². The lowest BCUT2D eigenvalue weighted by Crippen LogP contribution is -3.00. The Labute approximate surface area is 140 Å². The Kier molecular flexibility index (Phi) is 6.64. The molecule has 0 aromatic heterocycles. The summed E-state index contributed by atoms with van der Waals surface area (Å²) in [4.78, 5) is 2.53. The van der Waals surface area contributed by atoms with Crippen LogP contribution in [0.3, 0.4) is 0 Å². The number of nitrogen functional groups attached to an aromatic ring is 1. The number of quaternary nitrogens is 1. The Morgan fingerprint density at radius 1 is 1.05 bits per heavy atom. The number of anilines is 2. The largest absolute Gasteiger partial charge is 1.00 e. The summed E-state index contributed by atoms with van der Waals surface area (Å²) in [5.74, 6) is 0. The normalized spacial score (nSPS) is 24.0. The molecule has 0 saturated carbocycles. The van der Waals surface area contributed by atoms with E-state index in [0.717, 1.165) is 11.7 Å². The zero-order chi connectivity index (χ0) is 13.3. The third-order valence-corrected chi connectivity index (χ3v) is 5.14. The van der Waals surface area contributed by atoms with E-state index >= 15 is 0 Å². The average molecular weight is 331 g/mol. The minimum atomic E-state index is 0. The average Bonchev–Trinajstić information content (AvgIpc) is 2.91. The van der Waals surface area contributed by atoms with Gasteiger partial charge in [0.15, 0.2) is 0 Å². The molecular formula is C16H26Cl2N3-. The van der Waals surface area contributed by atoms with Gasteiger partial charge >= 0.3 is 0 Å². The minimum absolute atomic E-state index is 0. The fourth-order valence-corrected chi connectivity index (χ4v) is 3.77. The van der Waals surface area contributed by atoms with E-state index < -0.39 is 0 Å². The number of likely N-dealkylation sites (tertiary alicyclic amines) is 1. The third-order valence-electron chi connectivity index (χ3n) is 5.14. The monoisotopic (exact) mass is 330 g/mol. The van der Waals surface area contributed by atoms with Crippen LogP contribution in [-0.2, 0) is 0 Å². The van der Waals surface area contributed by atoms with Crippen molar-refractivity contribution in [3.05, 3.63) is 24.3 Å². The maximum absolute atomic E-state index is 5.77. The van der Waals surface area contributed by atoms with Gasteiger partial charge < -0.3 is 39.9 Å². The van der Waals surface area contributed by atoms with Gasteiger partial charge in [0.05, 0.1) is 26.7 Å². The molecule has 1 unspecified atom stereocenters. The van der Waals surface area contributed by atoms with Gasteiger partial charge in [0.25, 0.3) is 0 Å². The Morgan fingerprint density at radius 3 is 2.29 bits per heavy atom. The van der Waals surface area contributed by atoms with E-state index in [0.29, 0.717) is 0 Å². The molecule has 0 spiro atoms. The van der Waals surface area contributed by atoms with Crippen LogP contribution in [0, 0.1) is 0 Å². The van der Waals surface area contributed by atoms with Crippen LogP contribution < -0.4 is 35.4 Å². The first-order chi connectivity index (χ1) is 9.17. The number of rotatable bonds is 2. The van der Waals surface area contributed by atoms with Gasteiger partial charge in [0.2, 0.25) is 0 Å². The van der Waals surface area contributed by atoms with E-state index in [1.165, 1.54) is 62.0 Å². The molecule has 1 aromatic rings. The number of nitrogens with two attached hydrogens (primary N) is 1. The van der Waals surface area contributed by atoms with Crippen LogP contribution in [0.5, 0.6) is 0 Å². The molecule has 0 amide bonds. The van der Waals surface area contributed by atoms with Crippen molar-refractivity contribution in [2.75, 3.05) is 43.9 Å². The predicted octanol–water partition coefficient (Wildman–Crippen LogP) is -3.51. The van der Waals surface area contributed by atoms with E-state index in [-0.39, 0.29) is 24.8 Å². The zero-order valence-electron chi connectivity index (χ0n) is 12.8. The van der Waals surface area contributed by atoms with Gasteiger partial charge in [-0.05, 0) is 43.5 Å². The summed E-state index contributed by atoms with van der Waals surface area (Å²) < 4.78 is 1.30. The van der Waals surface area contributed by atoms with Gasteiger partial charge in [-0.3, -0.25) is 0 Å². The van der Waals surface area contributed by atoms with Crippen LogP contribution in [0.4, 0.5) is 11.4 Å². The van der Waals surface area contributed by atoms with Gasteiger partial charge in [-0.1, -0.05) is 0 Å². The van der Waals surface area contributed by atoms with Gasteiger partial charge in [0, 0.05) is 24.3 Å². The topological polar surface area (TPSA) is 29.3 Å². The molecule has 1 aromatic carbocycles. The second-order valence-electron chi connectivity index (χ2n) is 6.47. The maximum Gasteiger partial charge on any atom is 0.108 e. The van der Waals surface area contributed by atoms with Gasteiger partial charge in [-0.25, -0.2) is 0 Å². The Bertz CT molecular complexity index is 430. The summed E-state index contributed by atoms with van der Waals surface area (Å²) in [5.41, 5.74) is 7.96. The van der Waals surface area contributed by atoms with E-state index in [9.17, 15) is 0 Å². The van der Waals surface area contributed by atoms with Gasteiger partial charge in [-0.2, -0.15) is 0 Å². The second-order valence-corrected chi connectivity index (χ2v) is 6.47. The lowest BCUT2D eigenvalue weighted by atomic mass is 10.0. The van der Waals surface area contributed by atoms with Crippen LogP contribution >= 0.6 is 0 Å². The van der Waals surface area contributed by atoms with Crippen LogP contribution in [0.2, 0.25) is 0 Å². The second kappa shape index (κ2) is 7.57. The first-order valence-electron chi connectivity index (χ1n) is 7.62. The molecule has 5 heteroatoms. The number of piperidine rings is 1. The summed E-state index contributed by atoms with van der Waals surface area (Å²) in [6, 6.07) is 9.17. The molecule has 0 bridgehead atoms. The lowest BCUT2D eigenvalue weighted by molar-refractivity contribution is -0.935. The smallest absolute Gasteiger partial charge is 0.108 e. The highest BCUT2D eigenvalue weighted by atomic mass is 35.5. The molecule has 2 fully saturated rings. The summed E-state index contributed by atoms with van der Waals surface area (Å²) in [6.07, 6.45) is 5.59. The summed E-state index contributed by atoms with van der Waals surface area (Å²) >= 11 is 0. The molecule has 0 aliphatic carbocycles. The molecular weight excluding hydrogens is 305 g/mol. The van der Waals surface area contributed by atoms with Crippen molar-refractivity contribution in [3.8, 4) is 0 Å². The fourth-order valence-electron chi connectivity index (χ4n) is 3.77. The van der Waals surface area contributed by atoms with E-state index in [1.807, 2.05) is 12.1 Å². The molecule has 3 rings (SSSR count). The quantitative estimate of drug-likeness (QED) is 0.450. The Hall–Kier alpha value is -0.640. The Morgan fingerprint density at radius 2 is 1.67 bits per heavy atom. The molecule has 2 aliphatic heterocycles. The molecule has 21 heavy (non-hydrogen) atoms. The third kappa shape index (κ3) is 3.97. The van der Waals surface area contributed by atoms with E-state index in [4.69, 9.17) is 5.73 Å². The van der Waals surface area contributed by atoms with Crippen molar-refractivity contribution in [1.29, 1.82) is 0 Å². The maximum atomic E-state index is 5.77. The number of likely N-dealkylation sites (N-methyl/N-ethyl adjacent to an activating group) is 1. The van der Waals surface area contributed by atoms with Crippen LogP contribution in [-0.4, -0.2) is 43.8 Å². The molecule has 3 nitrogen and oxygen atoms in total. The molecule has 0 radical (unpaired) electrons. The van der Waals surface area contributed by atoms with Crippen molar-refractivity contribution in [1.82, 2.24) is 0 Å². The van der Waals surface area contributed by atoms with E-state index in [2.05, 4.69) is 24.1 Å². The van der Waals surface area contributed by atoms with Crippen LogP contribution in [0.15, 0.2) is 24.3 Å². The lowest BCUT2D eigenvalue weighted by Gasteiger charge is -2.42. The van der Waals surface area contributed by atoms with Crippen molar-refractivity contribution in [3.63, 3.8) is 0 Å². The molecule has 1 atom stereocenters. The standard InChI is InChI=1S/C16H26N3.2ClH/c1-19(11-3-2-4-12-19)16-9-10-18(13-16)15-7-5-14(17)6-8-15;;/h5-8,16H,2-4,9-13,17H2,1H3;2*1H/q+1;;/p-2. The highest BCUT2D eigenvalue weighted by Crippen LogP contribution is 2.29. The highest BCUT2D eigenvalue weighted by Gasteiger charge is 2.38. The SMILES string of the molecule is C[N+]1(C2CCN(c3ccc(N)cc3)C2)CCCCC1.[Cl-].[Cl-]. The number of hydrogen-bond acceptors (Lipinski definition) is 2. The van der Waals surface area contributed by atoms with Crippen molar-refractivity contribution in [2.24, 2.45) is 0 Å². The fraction of sp³-hybridized carbons (Fsp3) is 0.625. The van der Waals surface area contributed by atoms with Crippen molar-refractivity contribution >= 4 is 11.4 Å². The first kappa shape index (κ1) is 18.4. The number of hydrogen-bond donors (Lipinski definition) is 1. The number of benzene rings is 1. The van der Waals surface area contributed by atoms with Crippen molar-refractivity contribution < 1.29 is 29.3 Å².